The van der Waals surface area contributed by atoms with Gasteiger partial charge in [-0.3, -0.25) is 0 Å². The van der Waals surface area contributed by atoms with Crippen molar-refractivity contribution in [2.24, 2.45) is 0 Å². The van der Waals surface area contributed by atoms with E-state index in [1.807, 2.05) is 0 Å². The summed E-state index contributed by atoms with van der Waals surface area (Å²) in [5.41, 5.74) is 0. The molecular weight excluding hydrogens is 345 g/mol. The molecule has 0 radical (unpaired) electrons. The summed E-state index contributed by atoms with van der Waals surface area (Å²) >= 11 is -4.01. The molecule has 18 heavy (non-hydrogen) atoms. The molecule has 0 N–H and O–H groups in total. The Morgan fingerprint density at radius 2 is 0.944 bits per heavy atom. The highest BCUT2D eigenvalue weighted by atomic mass is 127. The minimum atomic E-state index is -4.01. The third kappa shape index (κ3) is 16.6. The van der Waals surface area contributed by atoms with Gasteiger partial charge in [-0.15, -0.1) is 0 Å². The second kappa shape index (κ2) is 14.0. The van der Waals surface area contributed by atoms with Gasteiger partial charge >= 0.3 is 0 Å². The molecule has 0 fully saturated rings. The lowest BCUT2D eigenvalue weighted by molar-refractivity contribution is -1.73. The Bertz CT molecular complexity index is 144. The van der Waals surface area contributed by atoms with Crippen LogP contribution in [0.15, 0.2) is 0 Å². The molecule has 0 aliphatic carbocycles. The first-order valence-corrected chi connectivity index (χ1v) is 9.62. The lowest BCUT2D eigenvalue weighted by atomic mass is 10.2. The van der Waals surface area contributed by atoms with E-state index < -0.39 is 21.1 Å². The monoisotopic (exact) mass is 375 g/mol. The van der Waals surface area contributed by atoms with Crippen molar-refractivity contribution in [1.82, 2.24) is 0 Å². The maximum absolute atomic E-state index is 8.57. The number of quaternary nitrogens is 1. The zero-order valence-corrected chi connectivity index (χ0v) is 14.6. The maximum atomic E-state index is 8.57. The van der Waals surface area contributed by atoms with Crippen LogP contribution >= 0.6 is 0 Å². The molecule has 0 amide bonds. The van der Waals surface area contributed by atoms with E-state index in [0.717, 1.165) is 0 Å². The van der Waals surface area contributed by atoms with Crippen LogP contribution in [0.25, 0.3) is 0 Å². The van der Waals surface area contributed by atoms with Gasteiger partial charge in [-0.05, 0) is 19.3 Å². The molecule has 4 nitrogen and oxygen atoms in total. The molecular formula is C13H30INO3. The fourth-order valence-corrected chi connectivity index (χ4v) is 1.95. The molecule has 0 aliphatic heterocycles. The number of unbranched alkanes of at least 4 members (excludes halogenated alkanes) is 3. The summed E-state index contributed by atoms with van der Waals surface area (Å²) in [5, 5.41) is 0. The van der Waals surface area contributed by atoms with E-state index in [1.54, 1.807) is 0 Å². The second-order valence-electron chi connectivity index (χ2n) is 5.04. The molecule has 0 aromatic rings. The van der Waals surface area contributed by atoms with E-state index in [1.165, 1.54) is 62.6 Å². The van der Waals surface area contributed by atoms with Crippen LogP contribution in [-0.2, 0) is 0 Å². The molecule has 0 saturated heterocycles. The van der Waals surface area contributed by atoms with Crippen molar-refractivity contribution in [3.8, 4) is 0 Å². The molecule has 0 unspecified atom stereocenters. The number of rotatable bonds is 9. The standard InChI is InChI=1S/C13H30N.IO3/c1-5-8-11-14(4,12-9-6-2)13-10-7-3;2-1(3)4/h5-13H2,1-4H3;/q+1;-1. The predicted octanol–water partition coefficient (Wildman–Crippen LogP) is -2.73. The van der Waals surface area contributed by atoms with E-state index in [-0.39, 0.29) is 0 Å². The van der Waals surface area contributed by atoms with Crippen molar-refractivity contribution in [2.45, 2.75) is 59.3 Å². The maximum Gasteiger partial charge on any atom is 0.282 e. The van der Waals surface area contributed by atoms with E-state index >= 15 is 0 Å². The van der Waals surface area contributed by atoms with Gasteiger partial charge in [0.15, 0.2) is 0 Å². The Kier molecular flexibility index (Phi) is 16.2. The van der Waals surface area contributed by atoms with E-state index in [0.29, 0.717) is 0 Å². The van der Waals surface area contributed by atoms with Crippen LogP contribution in [0.4, 0.5) is 0 Å². The first-order chi connectivity index (χ1) is 8.41. The highest BCUT2D eigenvalue weighted by Gasteiger charge is 2.18. The van der Waals surface area contributed by atoms with Crippen molar-refractivity contribution in [3.63, 3.8) is 0 Å². The van der Waals surface area contributed by atoms with Gasteiger partial charge in [0, 0.05) is 0 Å². The van der Waals surface area contributed by atoms with Crippen molar-refractivity contribution < 1.29 is 35.9 Å². The lowest BCUT2D eigenvalue weighted by Gasteiger charge is -2.34. The Morgan fingerprint density at radius 3 is 1.11 bits per heavy atom. The predicted molar refractivity (Wildman–Crippen MR) is 65.5 cm³/mol. The third-order valence-corrected chi connectivity index (χ3v) is 3.15. The van der Waals surface area contributed by atoms with Crippen LogP contribution in [0.1, 0.15) is 59.3 Å². The summed E-state index contributed by atoms with van der Waals surface area (Å²) in [7, 11) is 2.45. The van der Waals surface area contributed by atoms with Crippen molar-refractivity contribution in [1.29, 1.82) is 0 Å². The molecule has 0 rings (SSSR count). The van der Waals surface area contributed by atoms with Crippen LogP contribution in [0.3, 0.4) is 0 Å². The van der Waals surface area contributed by atoms with Gasteiger partial charge in [-0.1, -0.05) is 40.0 Å². The van der Waals surface area contributed by atoms with Crippen LogP contribution in [0.2, 0.25) is 0 Å². The smallest absolute Gasteiger partial charge is 0.282 e. The highest BCUT2D eigenvalue weighted by molar-refractivity contribution is 4.43. The molecule has 0 aliphatic rings. The number of hydrogen-bond donors (Lipinski definition) is 0. The number of hydrogen-bond acceptors (Lipinski definition) is 3. The lowest BCUT2D eigenvalue weighted by Crippen LogP contribution is -4.05. The van der Waals surface area contributed by atoms with Gasteiger partial charge in [0.2, 0.25) is 0 Å². The summed E-state index contributed by atoms with van der Waals surface area (Å²) in [6, 6.07) is 0. The molecule has 0 spiro atoms. The molecule has 0 heterocycles. The Balaban J connectivity index is 0. The molecule has 112 valence electrons. The largest absolute Gasteiger partial charge is 0.427 e. The summed E-state index contributed by atoms with van der Waals surface area (Å²) in [4.78, 5) is 0. The van der Waals surface area contributed by atoms with E-state index in [2.05, 4.69) is 27.8 Å². The molecule has 0 aromatic carbocycles. The van der Waals surface area contributed by atoms with Gasteiger partial charge in [0.1, 0.15) is 0 Å². The minimum absolute atomic E-state index is 1.32. The summed E-state index contributed by atoms with van der Waals surface area (Å²) in [6.07, 6.45) is 8.20. The number of halogens is 1. The SMILES string of the molecule is CCCC[N+](C)(CCCC)CCCC.[O-][I+2]([O-])[O-]. The molecule has 0 aromatic heterocycles. The van der Waals surface area contributed by atoms with Gasteiger partial charge in [0.25, 0.3) is 21.1 Å². The minimum Gasteiger partial charge on any atom is -0.427 e. The Hall–Kier alpha value is 0.570. The first-order valence-electron chi connectivity index (χ1n) is 6.98. The topological polar surface area (TPSA) is 69.2 Å². The number of nitrogens with zero attached hydrogens (tertiary/aromatic N) is 1. The molecule has 5 heteroatoms. The van der Waals surface area contributed by atoms with Gasteiger partial charge < -0.3 is 14.8 Å². The van der Waals surface area contributed by atoms with Crippen LogP contribution < -0.4 is 31.4 Å². The van der Waals surface area contributed by atoms with Crippen molar-refractivity contribution >= 4 is 0 Å². The quantitative estimate of drug-likeness (QED) is 0.325. The zero-order valence-electron chi connectivity index (χ0n) is 12.4. The second-order valence-corrected chi connectivity index (χ2v) is 6.12. The Labute approximate surface area is 122 Å². The molecule has 0 atom stereocenters. The van der Waals surface area contributed by atoms with Crippen molar-refractivity contribution in [3.05, 3.63) is 0 Å². The van der Waals surface area contributed by atoms with Crippen LogP contribution in [0, 0.1) is 0 Å². The third-order valence-electron chi connectivity index (χ3n) is 3.15. The van der Waals surface area contributed by atoms with E-state index in [9.17, 15) is 0 Å². The Morgan fingerprint density at radius 1 is 0.722 bits per heavy atom. The summed E-state index contributed by atoms with van der Waals surface area (Å²) in [5.74, 6) is 0. The average Bonchev–Trinajstić information content (AvgIpc) is 2.31. The molecule has 0 saturated carbocycles. The highest BCUT2D eigenvalue weighted by Crippen LogP contribution is 2.10. The molecule has 0 bridgehead atoms. The zero-order chi connectivity index (χ0) is 14.4. The van der Waals surface area contributed by atoms with E-state index in [4.69, 9.17) is 10.3 Å². The summed E-state index contributed by atoms with van der Waals surface area (Å²) in [6.45, 7) is 11.0. The fourth-order valence-electron chi connectivity index (χ4n) is 1.95. The summed E-state index contributed by atoms with van der Waals surface area (Å²) < 4.78 is 27.0. The first kappa shape index (κ1) is 20.9. The van der Waals surface area contributed by atoms with Crippen LogP contribution in [0.5, 0.6) is 0 Å². The fraction of sp³-hybridized carbons (Fsp3) is 1.00. The van der Waals surface area contributed by atoms with Crippen molar-refractivity contribution in [2.75, 3.05) is 26.7 Å². The van der Waals surface area contributed by atoms with Gasteiger partial charge in [-0.2, -0.15) is 0 Å². The average molecular weight is 375 g/mol. The van der Waals surface area contributed by atoms with Gasteiger partial charge in [-0.25, -0.2) is 0 Å². The van der Waals surface area contributed by atoms with Gasteiger partial charge in [0.05, 0.1) is 26.7 Å². The van der Waals surface area contributed by atoms with Crippen LogP contribution in [-0.4, -0.2) is 31.2 Å². The normalized spacial score (nSPS) is 11.3.